The average molecular weight is 314 g/mol. The van der Waals surface area contributed by atoms with E-state index in [1.807, 2.05) is 6.07 Å². The largest absolute Gasteiger partial charge is 0.379 e. The molecule has 0 bridgehead atoms. The highest BCUT2D eigenvalue weighted by atomic mass is 16.6. The summed E-state index contributed by atoms with van der Waals surface area (Å²) >= 11 is 0. The van der Waals surface area contributed by atoms with Crippen molar-refractivity contribution in [2.45, 2.75) is 6.42 Å². The summed E-state index contributed by atoms with van der Waals surface area (Å²) in [6.45, 7) is 0.214. The molecule has 2 rings (SSSR count). The Hall–Kier alpha value is -3.41. The van der Waals surface area contributed by atoms with Crippen LogP contribution in [0.2, 0.25) is 0 Å². The number of aromatic nitrogens is 2. The Balaban J connectivity index is 1.91. The van der Waals surface area contributed by atoms with Crippen molar-refractivity contribution in [2.75, 3.05) is 17.2 Å². The molecule has 1 heterocycles. The van der Waals surface area contributed by atoms with Gasteiger partial charge in [0.1, 0.15) is 17.3 Å². The first-order chi connectivity index (χ1) is 11.0. The number of amides is 1. The number of nitriles is 1. The lowest BCUT2D eigenvalue weighted by Crippen LogP contribution is -2.17. The maximum Gasteiger partial charge on any atom is 0.292 e. The van der Waals surface area contributed by atoms with Crippen molar-refractivity contribution in [1.29, 1.82) is 5.26 Å². The summed E-state index contributed by atoms with van der Waals surface area (Å²) in [5.41, 5.74) is 0.567. The third-order valence-electron chi connectivity index (χ3n) is 2.98. The molecule has 0 aliphatic rings. The summed E-state index contributed by atoms with van der Waals surface area (Å²) in [6.07, 6.45) is 1.58. The molecule has 1 aromatic carbocycles. The maximum absolute atomic E-state index is 11.9. The fraction of sp³-hybridized carbons (Fsp3) is 0.214. The fourth-order valence-corrected chi connectivity index (χ4v) is 1.95. The summed E-state index contributed by atoms with van der Waals surface area (Å²) in [4.78, 5) is 22.2. The van der Waals surface area contributed by atoms with E-state index in [0.717, 1.165) is 0 Å². The van der Waals surface area contributed by atoms with E-state index in [4.69, 9.17) is 5.26 Å². The van der Waals surface area contributed by atoms with E-state index >= 15 is 0 Å². The number of rotatable bonds is 6. The van der Waals surface area contributed by atoms with Crippen molar-refractivity contribution in [3.63, 3.8) is 0 Å². The number of nitrogens with one attached hydrogen (secondary N) is 2. The highest BCUT2D eigenvalue weighted by Crippen LogP contribution is 2.22. The molecule has 2 N–H and O–H groups in total. The van der Waals surface area contributed by atoms with Gasteiger partial charge in [-0.1, -0.05) is 12.1 Å². The Morgan fingerprint density at radius 1 is 1.48 bits per heavy atom. The van der Waals surface area contributed by atoms with Crippen molar-refractivity contribution < 1.29 is 9.72 Å². The van der Waals surface area contributed by atoms with Gasteiger partial charge in [-0.3, -0.25) is 19.6 Å². The summed E-state index contributed by atoms with van der Waals surface area (Å²) in [5, 5.41) is 29.2. The predicted octanol–water partition coefficient (Wildman–Crippen LogP) is 1.64. The van der Waals surface area contributed by atoms with Crippen LogP contribution < -0.4 is 10.6 Å². The maximum atomic E-state index is 11.9. The van der Waals surface area contributed by atoms with E-state index in [0.29, 0.717) is 5.69 Å². The number of nitro groups is 1. The zero-order chi connectivity index (χ0) is 16.8. The van der Waals surface area contributed by atoms with Crippen LogP contribution in [0, 0.1) is 21.4 Å². The van der Waals surface area contributed by atoms with Gasteiger partial charge in [-0.15, -0.1) is 0 Å². The van der Waals surface area contributed by atoms with Gasteiger partial charge in [0.05, 0.1) is 4.92 Å². The lowest BCUT2D eigenvalue weighted by atomic mass is 10.2. The highest BCUT2D eigenvalue weighted by Gasteiger charge is 2.13. The van der Waals surface area contributed by atoms with Gasteiger partial charge in [-0.05, 0) is 6.07 Å². The molecule has 0 atom stereocenters. The van der Waals surface area contributed by atoms with Crippen LogP contribution in [0.4, 0.5) is 17.2 Å². The Labute approximate surface area is 131 Å². The number of benzene rings is 1. The molecule has 0 saturated heterocycles. The van der Waals surface area contributed by atoms with Gasteiger partial charge in [0.2, 0.25) is 5.91 Å². The second-order valence-corrected chi connectivity index (χ2v) is 4.68. The van der Waals surface area contributed by atoms with Gasteiger partial charge >= 0.3 is 0 Å². The van der Waals surface area contributed by atoms with Crippen LogP contribution in [0.15, 0.2) is 30.5 Å². The smallest absolute Gasteiger partial charge is 0.292 e. The van der Waals surface area contributed by atoms with Crippen LogP contribution in [0.1, 0.15) is 12.0 Å². The Bertz CT molecular complexity index is 777. The van der Waals surface area contributed by atoms with Gasteiger partial charge < -0.3 is 10.6 Å². The summed E-state index contributed by atoms with van der Waals surface area (Å²) in [6, 6.07) is 8.13. The predicted molar refractivity (Wildman–Crippen MR) is 82.8 cm³/mol. The number of carbonyl (C=O) groups is 1. The minimum absolute atomic E-state index is 0.0515. The minimum Gasteiger partial charge on any atom is -0.379 e. The molecule has 0 aliphatic carbocycles. The molecule has 0 fully saturated rings. The van der Waals surface area contributed by atoms with E-state index in [2.05, 4.69) is 15.7 Å². The SMILES string of the molecule is Cn1cc(C#N)c(NC(=O)CCNc2ccccc2[N+](=O)[O-])n1. The van der Waals surface area contributed by atoms with Crippen LogP contribution in [0.5, 0.6) is 0 Å². The van der Waals surface area contributed by atoms with Gasteiger partial charge in [0.25, 0.3) is 5.69 Å². The van der Waals surface area contributed by atoms with E-state index in [-0.39, 0.29) is 35.9 Å². The van der Waals surface area contributed by atoms with Crippen molar-refractivity contribution in [2.24, 2.45) is 7.05 Å². The van der Waals surface area contributed by atoms with Crippen LogP contribution in [0.3, 0.4) is 0 Å². The topological polar surface area (TPSA) is 126 Å². The number of aryl methyl sites for hydroxylation is 1. The molecule has 0 aliphatic heterocycles. The summed E-state index contributed by atoms with van der Waals surface area (Å²) in [5.74, 6) is -0.142. The lowest BCUT2D eigenvalue weighted by molar-refractivity contribution is -0.384. The summed E-state index contributed by atoms with van der Waals surface area (Å²) < 4.78 is 1.43. The molecular formula is C14H14N6O3. The van der Waals surface area contributed by atoms with Crippen LogP contribution in [-0.2, 0) is 11.8 Å². The molecule has 0 radical (unpaired) electrons. The van der Waals surface area contributed by atoms with Crippen molar-refractivity contribution in [3.05, 3.63) is 46.1 Å². The molecule has 1 amide bonds. The van der Waals surface area contributed by atoms with Crippen LogP contribution in [-0.4, -0.2) is 27.2 Å². The Morgan fingerprint density at radius 3 is 2.91 bits per heavy atom. The number of anilines is 2. The molecular weight excluding hydrogens is 300 g/mol. The van der Waals surface area contributed by atoms with E-state index in [9.17, 15) is 14.9 Å². The second kappa shape index (κ2) is 7.04. The third-order valence-corrected chi connectivity index (χ3v) is 2.98. The number of carbonyl (C=O) groups excluding carboxylic acids is 1. The zero-order valence-electron chi connectivity index (χ0n) is 12.3. The average Bonchev–Trinajstić information content (AvgIpc) is 2.87. The summed E-state index contributed by atoms with van der Waals surface area (Å²) in [7, 11) is 1.65. The van der Waals surface area contributed by atoms with E-state index < -0.39 is 4.92 Å². The molecule has 2 aromatic rings. The first kappa shape index (κ1) is 16.0. The molecule has 23 heavy (non-hydrogen) atoms. The first-order valence-corrected chi connectivity index (χ1v) is 6.72. The van der Waals surface area contributed by atoms with E-state index in [1.54, 1.807) is 25.2 Å². The number of hydrogen-bond donors (Lipinski definition) is 2. The lowest BCUT2D eigenvalue weighted by Gasteiger charge is -2.07. The third kappa shape index (κ3) is 4.04. The van der Waals surface area contributed by atoms with Gasteiger partial charge in [-0.2, -0.15) is 10.4 Å². The monoisotopic (exact) mass is 314 g/mol. The van der Waals surface area contributed by atoms with Gasteiger partial charge in [-0.25, -0.2) is 0 Å². The van der Waals surface area contributed by atoms with Crippen molar-refractivity contribution in [1.82, 2.24) is 9.78 Å². The molecule has 9 heteroatoms. The Kier molecular flexibility index (Phi) is 4.89. The normalized spacial score (nSPS) is 9.91. The zero-order valence-corrected chi connectivity index (χ0v) is 12.3. The molecule has 9 nitrogen and oxygen atoms in total. The molecule has 0 saturated carbocycles. The number of hydrogen-bond acceptors (Lipinski definition) is 6. The molecule has 0 unspecified atom stereocenters. The quantitative estimate of drug-likeness (QED) is 0.616. The standard InChI is InChI=1S/C14H14N6O3/c1-19-9-10(8-15)14(18-19)17-13(21)6-7-16-11-4-2-3-5-12(11)20(22)23/h2-5,9,16H,6-7H2,1H3,(H,17,18,21). The van der Waals surface area contributed by atoms with Crippen LogP contribution >= 0.6 is 0 Å². The molecule has 118 valence electrons. The van der Waals surface area contributed by atoms with Crippen molar-refractivity contribution in [3.8, 4) is 6.07 Å². The second-order valence-electron chi connectivity index (χ2n) is 4.68. The number of para-hydroxylation sites is 2. The molecule has 0 spiro atoms. The van der Waals surface area contributed by atoms with Gasteiger partial charge in [0.15, 0.2) is 5.82 Å². The van der Waals surface area contributed by atoms with Crippen LogP contribution in [0.25, 0.3) is 0 Å². The number of nitrogens with zero attached hydrogens (tertiary/aromatic N) is 4. The Morgan fingerprint density at radius 2 is 2.22 bits per heavy atom. The molecule has 1 aromatic heterocycles. The minimum atomic E-state index is -0.491. The number of nitro benzene ring substituents is 1. The van der Waals surface area contributed by atoms with E-state index in [1.165, 1.54) is 16.9 Å². The first-order valence-electron chi connectivity index (χ1n) is 6.72. The fourth-order valence-electron chi connectivity index (χ4n) is 1.95. The van der Waals surface area contributed by atoms with Crippen molar-refractivity contribution >= 4 is 23.1 Å². The van der Waals surface area contributed by atoms with Gasteiger partial charge in [0, 0.05) is 32.3 Å². The highest BCUT2D eigenvalue weighted by molar-refractivity contribution is 5.91.